The van der Waals surface area contributed by atoms with Crippen LogP contribution in [-0.2, 0) is 39.8 Å². The molecule has 1 fully saturated rings. The van der Waals surface area contributed by atoms with Gasteiger partial charge in [-0.25, -0.2) is 4.98 Å². The number of carbonyl (C=O) groups is 6. The van der Waals surface area contributed by atoms with Crippen LogP contribution in [0.25, 0.3) is 22.6 Å². The number of fused-ring (bicyclic) bond motifs is 1. The lowest BCUT2D eigenvalue weighted by molar-refractivity contribution is -0.136. The van der Waals surface area contributed by atoms with Crippen LogP contribution in [0, 0.1) is 0 Å². The maximum absolute atomic E-state index is 13.2. The van der Waals surface area contributed by atoms with Gasteiger partial charge in [0, 0.05) is 43.5 Å². The van der Waals surface area contributed by atoms with Crippen LogP contribution in [0.1, 0.15) is 45.9 Å². The van der Waals surface area contributed by atoms with Crippen molar-refractivity contribution in [1.82, 2.24) is 25.8 Å². The van der Waals surface area contributed by atoms with E-state index in [4.69, 9.17) is 28.3 Å². The molecule has 4 aromatic rings. The number of benzene rings is 3. The number of piperidine rings is 1. The summed E-state index contributed by atoms with van der Waals surface area (Å²) in [5, 5.41) is 7.64. The number of oxazole rings is 1. The fraction of sp³-hybridized carbons (Fsp3) is 0.341. The van der Waals surface area contributed by atoms with Gasteiger partial charge in [-0.2, -0.15) is 0 Å². The first-order valence-corrected chi connectivity index (χ1v) is 18.6. The molecule has 16 heteroatoms. The fourth-order valence-electron chi connectivity index (χ4n) is 6.22. The fourth-order valence-corrected chi connectivity index (χ4v) is 6.22. The quantitative estimate of drug-likeness (QED) is 0.0825. The zero-order valence-corrected chi connectivity index (χ0v) is 31.2. The number of nitrogens with zero attached hydrogens (tertiary/aromatic N) is 2. The Hall–Kier alpha value is -6.23. The van der Waals surface area contributed by atoms with E-state index in [0.717, 1.165) is 21.7 Å². The number of amides is 6. The first-order chi connectivity index (χ1) is 27.8. The Morgan fingerprint density at radius 1 is 0.754 bits per heavy atom. The summed E-state index contributed by atoms with van der Waals surface area (Å²) < 4.78 is 28.2. The second-order valence-corrected chi connectivity index (χ2v) is 13.0. The summed E-state index contributed by atoms with van der Waals surface area (Å²) in [6.45, 7) is 1.97. The zero-order chi connectivity index (χ0) is 40.0. The molecule has 3 heterocycles. The Morgan fingerprint density at radius 3 is 2.05 bits per heavy atom. The Kier molecular flexibility index (Phi) is 14.2. The Bertz CT molecular complexity index is 2000. The highest BCUT2D eigenvalue weighted by atomic mass is 16.5. The monoisotopic (exact) mass is 781 g/mol. The topological polar surface area (TPSA) is 205 Å². The predicted molar refractivity (Wildman–Crippen MR) is 203 cm³/mol. The summed E-state index contributed by atoms with van der Waals surface area (Å²) in [5.41, 5.74) is 2.62. The van der Waals surface area contributed by atoms with Crippen LogP contribution < -0.4 is 20.7 Å². The molecular formula is C41H43N5O11. The third kappa shape index (κ3) is 10.8. The number of ether oxygens (including phenoxy) is 4. The van der Waals surface area contributed by atoms with Crippen molar-refractivity contribution in [2.24, 2.45) is 0 Å². The molecule has 1 unspecified atom stereocenters. The molecule has 0 saturated carbocycles. The van der Waals surface area contributed by atoms with Gasteiger partial charge in [0.2, 0.25) is 17.7 Å². The minimum Gasteiger partial charge on any atom is -0.483 e. The van der Waals surface area contributed by atoms with E-state index in [-0.39, 0.29) is 55.2 Å². The molecule has 298 valence electrons. The molecule has 3 N–H and O–H groups in total. The molecule has 57 heavy (non-hydrogen) atoms. The lowest BCUT2D eigenvalue weighted by atomic mass is 10.0. The number of aryl methyl sites for hydroxylation is 1. The maximum atomic E-state index is 13.2. The van der Waals surface area contributed by atoms with Crippen LogP contribution in [0.2, 0.25) is 0 Å². The number of rotatable bonds is 21. The number of imide groups is 2. The van der Waals surface area contributed by atoms with Crippen LogP contribution >= 0.6 is 0 Å². The second-order valence-electron chi connectivity index (χ2n) is 13.0. The van der Waals surface area contributed by atoms with Crippen molar-refractivity contribution >= 4 is 35.4 Å². The highest BCUT2D eigenvalue weighted by Gasteiger charge is 2.46. The van der Waals surface area contributed by atoms with Crippen molar-refractivity contribution in [2.45, 2.75) is 31.7 Å². The highest BCUT2D eigenvalue weighted by Crippen LogP contribution is 2.34. The van der Waals surface area contributed by atoms with Crippen LogP contribution in [0.5, 0.6) is 5.75 Å². The van der Waals surface area contributed by atoms with Gasteiger partial charge >= 0.3 is 0 Å². The van der Waals surface area contributed by atoms with Gasteiger partial charge in [-0.3, -0.25) is 39.0 Å². The summed E-state index contributed by atoms with van der Waals surface area (Å²) in [5.74, 6) is -1.97. The van der Waals surface area contributed by atoms with E-state index in [1.807, 2.05) is 60.7 Å². The van der Waals surface area contributed by atoms with Gasteiger partial charge in [0.15, 0.2) is 18.3 Å². The van der Waals surface area contributed by atoms with Gasteiger partial charge in [-0.05, 0) is 18.6 Å². The Labute approximate surface area is 328 Å². The molecular weight excluding hydrogens is 738 g/mol. The van der Waals surface area contributed by atoms with Crippen molar-refractivity contribution in [3.8, 4) is 28.3 Å². The van der Waals surface area contributed by atoms with Crippen molar-refractivity contribution < 1.29 is 52.1 Å². The van der Waals surface area contributed by atoms with Gasteiger partial charge in [0.1, 0.15) is 17.5 Å². The predicted octanol–water partition coefficient (Wildman–Crippen LogP) is 2.70. The third-order valence-electron chi connectivity index (χ3n) is 8.99. The normalized spacial score (nSPS) is 15.0. The number of hydrogen-bond donors (Lipinski definition) is 3. The zero-order valence-electron chi connectivity index (χ0n) is 31.2. The minimum absolute atomic E-state index is 0.00543. The van der Waals surface area contributed by atoms with Gasteiger partial charge < -0.3 is 34.0 Å². The molecule has 2 aliphatic rings. The summed E-state index contributed by atoms with van der Waals surface area (Å²) in [6.07, 6.45) is 0.613. The van der Waals surface area contributed by atoms with Gasteiger partial charge in [0.05, 0.1) is 50.8 Å². The summed E-state index contributed by atoms with van der Waals surface area (Å²) in [7, 11) is 0. The van der Waals surface area contributed by atoms with Crippen LogP contribution in [-0.4, -0.2) is 111 Å². The average molecular weight is 782 g/mol. The third-order valence-corrected chi connectivity index (χ3v) is 8.99. The first kappa shape index (κ1) is 40.4. The molecule has 3 aromatic carbocycles. The van der Waals surface area contributed by atoms with E-state index in [0.29, 0.717) is 57.7 Å². The van der Waals surface area contributed by atoms with Crippen molar-refractivity contribution in [1.29, 1.82) is 0 Å². The van der Waals surface area contributed by atoms with Gasteiger partial charge in [0.25, 0.3) is 17.7 Å². The van der Waals surface area contributed by atoms with E-state index in [1.54, 1.807) is 0 Å². The SMILES string of the molecule is O=C(CCc1nc(-c2ccccc2)c(-c2ccccc2)o1)NCCOCCOCCOCCNC(=O)COc1cccc2c1C(=O)N(C1CCC(=O)NC1=O)C2=O. The number of hydrogen-bond acceptors (Lipinski definition) is 12. The lowest BCUT2D eigenvalue weighted by Gasteiger charge is -2.27. The molecule has 0 bridgehead atoms. The largest absolute Gasteiger partial charge is 0.483 e. The first-order valence-electron chi connectivity index (χ1n) is 18.6. The Morgan fingerprint density at radius 2 is 1.39 bits per heavy atom. The highest BCUT2D eigenvalue weighted by molar-refractivity contribution is 6.24. The molecule has 0 spiro atoms. The molecule has 1 aromatic heterocycles. The number of aromatic nitrogens is 1. The maximum Gasteiger partial charge on any atom is 0.266 e. The van der Waals surface area contributed by atoms with Crippen LogP contribution in [0.4, 0.5) is 0 Å². The minimum atomic E-state index is -1.11. The van der Waals surface area contributed by atoms with E-state index >= 15 is 0 Å². The van der Waals surface area contributed by atoms with Gasteiger partial charge in [-0.15, -0.1) is 0 Å². The second kappa shape index (κ2) is 20.1. The van der Waals surface area contributed by atoms with Crippen LogP contribution in [0.15, 0.2) is 83.3 Å². The molecule has 2 aliphatic heterocycles. The summed E-state index contributed by atoms with van der Waals surface area (Å²) in [4.78, 5) is 80.3. The molecule has 1 saturated heterocycles. The van der Waals surface area contributed by atoms with Crippen molar-refractivity contribution in [2.75, 3.05) is 59.3 Å². The van der Waals surface area contributed by atoms with E-state index < -0.39 is 42.2 Å². The van der Waals surface area contributed by atoms with E-state index in [1.165, 1.54) is 18.2 Å². The molecule has 0 radical (unpaired) electrons. The van der Waals surface area contributed by atoms with Crippen LogP contribution in [0.3, 0.4) is 0 Å². The molecule has 1 atom stereocenters. The smallest absolute Gasteiger partial charge is 0.266 e. The molecule has 16 nitrogen and oxygen atoms in total. The van der Waals surface area contributed by atoms with Gasteiger partial charge in [-0.1, -0.05) is 66.7 Å². The average Bonchev–Trinajstić information content (AvgIpc) is 3.77. The molecule has 6 rings (SSSR count). The summed E-state index contributed by atoms with van der Waals surface area (Å²) >= 11 is 0. The lowest BCUT2D eigenvalue weighted by Crippen LogP contribution is -2.54. The van der Waals surface area contributed by atoms with E-state index in [9.17, 15) is 28.8 Å². The standard InChI is InChI=1S/C41H43N5O11/c47-32(16-17-35-45-37(27-8-3-1-4-9-27)38(57-35)28-10-5-2-6-11-28)42-18-20-53-22-24-55-25-23-54-21-19-43-34(49)26-56-31-13-7-12-29-36(31)41(52)46(40(29)51)30-14-15-33(48)44-39(30)50/h1-13,30H,14-26H2,(H,42,47)(H,43,49)(H,44,48,50). The summed E-state index contributed by atoms with van der Waals surface area (Å²) in [6, 6.07) is 22.9. The number of nitrogens with one attached hydrogen (secondary N) is 3. The number of carbonyl (C=O) groups excluding carboxylic acids is 6. The Balaban J connectivity index is 0.779. The van der Waals surface area contributed by atoms with Crippen molar-refractivity contribution in [3.63, 3.8) is 0 Å². The molecule has 6 amide bonds. The van der Waals surface area contributed by atoms with E-state index in [2.05, 4.69) is 16.0 Å². The molecule has 0 aliphatic carbocycles. The van der Waals surface area contributed by atoms with Crippen molar-refractivity contribution in [3.05, 3.63) is 95.9 Å².